The molecule has 7 heteroatoms. The molecular weight excluding hydrogens is 388 g/mol. The number of nitrogens with one attached hydrogen (secondary N) is 1. The molecule has 1 heterocycles. The Morgan fingerprint density at radius 3 is 2.59 bits per heavy atom. The van der Waals surface area contributed by atoms with Gasteiger partial charge in [-0.2, -0.15) is 5.10 Å². The molecule has 1 amide bonds. The molecular formula is C22H21ClN4O2. The van der Waals surface area contributed by atoms with E-state index in [4.69, 9.17) is 11.6 Å². The molecule has 0 saturated heterocycles. The van der Waals surface area contributed by atoms with Crippen LogP contribution in [0.1, 0.15) is 21.5 Å². The Balaban J connectivity index is 1.70. The standard InChI is InChI=1S/C22H21ClN4O2/c1-26(2)19-10-8-16(9-11-19)14-24-25-21(28)20-7-4-12-27(22(20)29)15-17-5-3-6-18(23)13-17/h3-14H,15H2,1-2H3,(H,25,28)/b24-14-. The third kappa shape index (κ3) is 5.33. The van der Waals surface area contributed by atoms with Gasteiger partial charge in [-0.25, -0.2) is 5.43 Å². The van der Waals surface area contributed by atoms with E-state index in [9.17, 15) is 9.59 Å². The van der Waals surface area contributed by atoms with E-state index >= 15 is 0 Å². The molecule has 3 rings (SSSR count). The molecule has 1 N–H and O–H groups in total. The van der Waals surface area contributed by atoms with E-state index in [-0.39, 0.29) is 5.56 Å². The van der Waals surface area contributed by atoms with Gasteiger partial charge < -0.3 is 9.47 Å². The van der Waals surface area contributed by atoms with Gasteiger partial charge in [-0.1, -0.05) is 35.9 Å². The number of anilines is 1. The number of halogens is 1. The van der Waals surface area contributed by atoms with E-state index in [1.165, 1.54) is 16.8 Å². The van der Waals surface area contributed by atoms with Crippen LogP contribution >= 0.6 is 11.6 Å². The third-order valence-electron chi connectivity index (χ3n) is 4.30. The molecule has 2 aromatic carbocycles. The summed E-state index contributed by atoms with van der Waals surface area (Å²) >= 11 is 5.99. The first-order valence-electron chi connectivity index (χ1n) is 8.99. The molecule has 29 heavy (non-hydrogen) atoms. The first kappa shape index (κ1) is 20.4. The van der Waals surface area contributed by atoms with Gasteiger partial charge in [0.25, 0.3) is 11.5 Å². The molecule has 0 aliphatic heterocycles. The molecule has 0 aliphatic rings. The highest BCUT2D eigenvalue weighted by atomic mass is 35.5. The van der Waals surface area contributed by atoms with Gasteiger partial charge in [0, 0.05) is 31.0 Å². The van der Waals surface area contributed by atoms with Crippen LogP contribution in [0.4, 0.5) is 5.69 Å². The summed E-state index contributed by atoms with van der Waals surface area (Å²) in [6.45, 7) is 0.321. The predicted molar refractivity (Wildman–Crippen MR) is 117 cm³/mol. The fourth-order valence-electron chi connectivity index (χ4n) is 2.75. The fourth-order valence-corrected chi connectivity index (χ4v) is 2.96. The molecule has 0 unspecified atom stereocenters. The number of hydrogen-bond donors (Lipinski definition) is 1. The van der Waals surface area contributed by atoms with Crippen molar-refractivity contribution in [3.05, 3.63) is 98.9 Å². The Morgan fingerprint density at radius 2 is 1.90 bits per heavy atom. The van der Waals surface area contributed by atoms with Crippen molar-refractivity contribution < 1.29 is 4.79 Å². The first-order chi connectivity index (χ1) is 13.9. The van der Waals surface area contributed by atoms with Crippen LogP contribution in [0.5, 0.6) is 0 Å². The minimum Gasteiger partial charge on any atom is -0.378 e. The van der Waals surface area contributed by atoms with E-state index < -0.39 is 11.5 Å². The normalized spacial score (nSPS) is 10.9. The molecule has 0 atom stereocenters. The number of amides is 1. The van der Waals surface area contributed by atoms with Crippen molar-refractivity contribution in [2.24, 2.45) is 5.10 Å². The summed E-state index contributed by atoms with van der Waals surface area (Å²) in [6, 6.07) is 18.1. The van der Waals surface area contributed by atoms with E-state index in [2.05, 4.69) is 10.5 Å². The SMILES string of the molecule is CN(C)c1ccc(/C=N\NC(=O)c2cccn(Cc3cccc(Cl)c3)c2=O)cc1. The van der Waals surface area contributed by atoms with Crippen LogP contribution in [0, 0.1) is 0 Å². The maximum Gasteiger partial charge on any atom is 0.276 e. The molecule has 0 spiro atoms. The number of pyridine rings is 1. The number of benzene rings is 2. The summed E-state index contributed by atoms with van der Waals surface area (Å²) in [5, 5.41) is 4.55. The smallest absolute Gasteiger partial charge is 0.276 e. The molecule has 0 saturated carbocycles. The van der Waals surface area contributed by atoms with Crippen molar-refractivity contribution in [2.75, 3.05) is 19.0 Å². The van der Waals surface area contributed by atoms with Crippen LogP contribution in [-0.4, -0.2) is 30.8 Å². The first-order valence-corrected chi connectivity index (χ1v) is 9.36. The average molecular weight is 409 g/mol. The van der Waals surface area contributed by atoms with Crippen LogP contribution in [0.15, 0.2) is 76.8 Å². The lowest BCUT2D eigenvalue weighted by Crippen LogP contribution is -2.30. The predicted octanol–water partition coefficient (Wildman–Crippen LogP) is 3.38. The van der Waals surface area contributed by atoms with E-state index in [1.807, 2.05) is 55.4 Å². The van der Waals surface area contributed by atoms with Gasteiger partial charge in [-0.3, -0.25) is 9.59 Å². The lowest BCUT2D eigenvalue weighted by atomic mass is 10.2. The van der Waals surface area contributed by atoms with Gasteiger partial charge >= 0.3 is 0 Å². The second kappa shape index (κ2) is 9.21. The second-order valence-corrected chi connectivity index (χ2v) is 7.11. The van der Waals surface area contributed by atoms with Crippen LogP contribution in [0.2, 0.25) is 5.02 Å². The number of hydrazone groups is 1. The van der Waals surface area contributed by atoms with Gasteiger partial charge in [-0.15, -0.1) is 0 Å². The van der Waals surface area contributed by atoms with Crippen LogP contribution in [0.25, 0.3) is 0 Å². The van der Waals surface area contributed by atoms with E-state index in [0.29, 0.717) is 11.6 Å². The zero-order valence-electron chi connectivity index (χ0n) is 16.2. The Labute approximate surface area is 174 Å². The van der Waals surface area contributed by atoms with Gasteiger partial charge in [0.2, 0.25) is 0 Å². The summed E-state index contributed by atoms with van der Waals surface area (Å²) in [5.41, 5.74) is 4.81. The maximum atomic E-state index is 12.6. The number of carbonyl (C=O) groups is 1. The Morgan fingerprint density at radius 1 is 1.14 bits per heavy atom. The minimum atomic E-state index is -0.559. The van der Waals surface area contributed by atoms with Crippen LogP contribution < -0.4 is 15.9 Å². The molecule has 0 aliphatic carbocycles. The van der Waals surface area contributed by atoms with Crippen LogP contribution in [0.3, 0.4) is 0 Å². The van der Waals surface area contributed by atoms with Crippen molar-refractivity contribution in [3.8, 4) is 0 Å². The Kier molecular flexibility index (Phi) is 6.46. The van der Waals surface area contributed by atoms with E-state index in [0.717, 1.165) is 16.8 Å². The Hall–Kier alpha value is -3.38. The zero-order chi connectivity index (χ0) is 20.8. The molecule has 148 valence electrons. The summed E-state index contributed by atoms with van der Waals surface area (Å²) < 4.78 is 1.46. The van der Waals surface area contributed by atoms with Gasteiger partial charge in [0.05, 0.1) is 12.8 Å². The minimum absolute atomic E-state index is 0.0228. The lowest BCUT2D eigenvalue weighted by molar-refractivity contribution is 0.0953. The molecule has 3 aromatic rings. The van der Waals surface area contributed by atoms with E-state index in [1.54, 1.807) is 24.4 Å². The highest BCUT2D eigenvalue weighted by Gasteiger charge is 2.11. The highest BCUT2D eigenvalue weighted by molar-refractivity contribution is 6.30. The van der Waals surface area contributed by atoms with Gasteiger partial charge in [-0.05, 0) is 47.5 Å². The van der Waals surface area contributed by atoms with Crippen LogP contribution in [-0.2, 0) is 6.54 Å². The third-order valence-corrected chi connectivity index (χ3v) is 4.53. The number of carbonyl (C=O) groups excluding carboxylic acids is 1. The fraction of sp³-hybridized carbons (Fsp3) is 0.136. The number of hydrogen-bond acceptors (Lipinski definition) is 4. The topological polar surface area (TPSA) is 66.7 Å². The van der Waals surface area contributed by atoms with Crippen molar-refractivity contribution >= 4 is 29.4 Å². The lowest BCUT2D eigenvalue weighted by Gasteiger charge is -2.11. The zero-order valence-corrected chi connectivity index (χ0v) is 16.9. The van der Waals surface area contributed by atoms with Gasteiger partial charge in [0.1, 0.15) is 5.56 Å². The molecule has 0 fully saturated rings. The molecule has 0 radical (unpaired) electrons. The van der Waals surface area contributed by atoms with Crippen molar-refractivity contribution in [2.45, 2.75) is 6.54 Å². The molecule has 1 aromatic heterocycles. The van der Waals surface area contributed by atoms with Crippen molar-refractivity contribution in [1.29, 1.82) is 0 Å². The van der Waals surface area contributed by atoms with Crippen molar-refractivity contribution in [1.82, 2.24) is 9.99 Å². The summed E-state index contributed by atoms with van der Waals surface area (Å²) in [4.78, 5) is 27.0. The summed E-state index contributed by atoms with van der Waals surface area (Å²) in [7, 11) is 3.92. The largest absolute Gasteiger partial charge is 0.378 e. The number of rotatable bonds is 6. The van der Waals surface area contributed by atoms with Gasteiger partial charge in [0.15, 0.2) is 0 Å². The molecule has 6 nitrogen and oxygen atoms in total. The quantitative estimate of drug-likeness (QED) is 0.502. The average Bonchev–Trinajstić information content (AvgIpc) is 2.70. The number of aromatic nitrogens is 1. The van der Waals surface area contributed by atoms with Crippen molar-refractivity contribution in [3.63, 3.8) is 0 Å². The highest BCUT2D eigenvalue weighted by Crippen LogP contribution is 2.12. The monoisotopic (exact) mass is 408 g/mol. The second-order valence-electron chi connectivity index (χ2n) is 6.67. The maximum absolute atomic E-state index is 12.6. The number of nitrogens with zero attached hydrogens (tertiary/aromatic N) is 3. The molecule has 0 bridgehead atoms. The summed E-state index contributed by atoms with van der Waals surface area (Å²) in [5.74, 6) is -0.559. The Bertz CT molecular complexity index is 1090. The summed E-state index contributed by atoms with van der Waals surface area (Å²) in [6.07, 6.45) is 3.17.